The summed E-state index contributed by atoms with van der Waals surface area (Å²) in [5.41, 5.74) is 0.858. The van der Waals surface area contributed by atoms with Crippen LogP contribution in [0, 0.1) is 17.2 Å². The molecule has 0 spiro atoms. The lowest BCUT2D eigenvalue weighted by molar-refractivity contribution is 0.223. The maximum atomic E-state index is 9.38. The van der Waals surface area contributed by atoms with E-state index in [9.17, 15) is 5.26 Å². The molecule has 0 aromatic heterocycles. The molecule has 1 nitrogen and oxygen atoms in total. The molecule has 0 radical (unpaired) electrons. The van der Waals surface area contributed by atoms with Crippen molar-refractivity contribution in [3.05, 3.63) is 34.3 Å². The quantitative estimate of drug-likeness (QED) is 0.791. The zero-order valence-corrected chi connectivity index (χ0v) is 10.4. The molecular formula is C13H14BrN. The largest absolute Gasteiger partial charge is 0.197 e. The van der Waals surface area contributed by atoms with Crippen LogP contribution in [0.5, 0.6) is 0 Å². The van der Waals surface area contributed by atoms with Crippen molar-refractivity contribution < 1.29 is 0 Å². The lowest BCUT2D eigenvalue weighted by Crippen LogP contribution is -2.35. The van der Waals surface area contributed by atoms with E-state index in [-0.39, 0.29) is 5.41 Å². The summed E-state index contributed by atoms with van der Waals surface area (Å²) in [5.74, 6) is 0.545. The van der Waals surface area contributed by atoms with Crippen molar-refractivity contribution in [3.8, 4) is 6.07 Å². The van der Waals surface area contributed by atoms with Crippen LogP contribution in [0.1, 0.15) is 31.7 Å². The molecule has 0 aliphatic heterocycles. The van der Waals surface area contributed by atoms with Gasteiger partial charge < -0.3 is 0 Å². The highest BCUT2D eigenvalue weighted by Crippen LogP contribution is 2.43. The third-order valence-corrected chi connectivity index (χ3v) is 4.13. The summed E-state index contributed by atoms with van der Waals surface area (Å²) in [5, 5.41) is 9.38. The summed E-state index contributed by atoms with van der Waals surface area (Å²) >= 11 is 3.42. The molecule has 2 rings (SSSR count). The van der Waals surface area contributed by atoms with E-state index in [0.717, 1.165) is 10.0 Å². The molecule has 2 heteroatoms. The van der Waals surface area contributed by atoms with E-state index in [2.05, 4.69) is 41.1 Å². The van der Waals surface area contributed by atoms with E-state index in [4.69, 9.17) is 0 Å². The lowest BCUT2D eigenvalue weighted by Gasteiger charge is -2.38. The number of hydrogen-bond acceptors (Lipinski definition) is 1. The summed E-state index contributed by atoms with van der Waals surface area (Å²) in [6.07, 6.45) is 3.67. The molecule has 1 fully saturated rings. The Morgan fingerprint density at radius 3 is 2.33 bits per heavy atom. The van der Waals surface area contributed by atoms with E-state index in [1.54, 1.807) is 0 Å². The first-order valence-corrected chi connectivity index (χ1v) is 6.13. The Labute approximate surface area is 99.2 Å². The van der Waals surface area contributed by atoms with Gasteiger partial charge in [-0.3, -0.25) is 0 Å². The number of rotatable bonds is 2. The van der Waals surface area contributed by atoms with Crippen molar-refractivity contribution >= 4 is 15.9 Å². The molecule has 0 amide bonds. The fourth-order valence-corrected chi connectivity index (χ4v) is 2.44. The molecule has 1 atom stereocenters. The molecule has 1 aliphatic carbocycles. The van der Waals surface area contributed by atoms with Crippen molar-refractivity contribution in [2.45, 2.75) is 31.6 Å². The molecule has 0 saturated heterocycles. The Hall–Kier alpha value is -0.810. The van der Waals surface area contributed by atoms with Crippen LogP contribution in [-0.2, 0) is 5.41 Å². The lowest BCUT2D eigenvalue weighted by atomic mass is 9.64. The smallest absolute Gasteiger partial charge is 0.0822 e. The van der Waals surface area contributed by atoms with Gasteiger partial charge in [-0.2, -0.15) is 5.26 Å². The molecule has 1 aromatic rings. The minimum Gasteiger partial charge on any atom is -0.197 e. The van der Waals surface area contributed by atoms with Crippen LogP contribution in [0.25, 0.3) is 0 Å². The van der Waals surface area contributed by atoms with E-state index in [1.807, 2.05) is 12.1 Å². The molecule has 0 heterocycles. The van der Waals surface area contributed by atoms with Crippen LogP contribution in [0.4, 0.5) is 0 Å². The van der Waals surface area contributed by atoms with Crippen molar-refractivity contribution in [2.24, 2.45) is 5.92 Å². The van der Waals surface area contributed by atoms with Crippen molar-refractivity contribution in [1.82, 2.24) is 0 Å². The average Bonchev–Trinajstić information content (AvgIpc) is 2.15. The third-order valence-electron chi connectivity index (χ3n) is 3.60. The molecular weight excluding hydrogens is 250 g/mol. The Kier molecular flexibility index (Phi) is 2.84. The van der Waals surface area contributed by atoms with Crippen LogP contribution in [-0.4, -0.2) is 0 Å². The van der Waals surface area contributed by atoms with Gasteiger partial charge in [-0.05, 0) is 43.4 Å². The SMILES string of the molecule is C[C@](C#N)(c1ccc(Br)cc1)C1CCC1. The summed E-state index contributed by atoms with van der Waals surface area (Å²) in [6, 6.07) is 10.7. The van der Waals surface area contributed by atoms with E-state index < -0.39 is 0 Å². The highest BCUT2D eigenvalue weighted by atomic mass is 79.9. The average molecular weight is 264 g/mol. The summed E-state index contributed by atoms with van der Waals surface area (Å²) < 4.78 is 1.07. The molecule has 0 N–H and O–H groups in total. The van der Waals surface area contributed by atoms with E-state index in [0.29, 0.717) is 5.92 Å². The molecule has 78 valence electrons. The van der Waals surface area contributed by atoms with Gasteiger partial charge in [-0.25, -0.2) is 0 Å². The monoisotopic (exact) mass is 263 g/mol. The van der Waals surface area contributed by atoms with Gasteiger partial charge in [0.05, 0.1) is 11.5 Å². The van der Waals surface area contributed by atoms with Crippen molar-refractivity contribution in [3.63, 3.8) is 0 Å². The summed E-state index contributed by atoms with van der Waals surface area (Å²) in [7, 11) is 0. The van der Waals surface area contributed by atoms with Crippen LogP contribution in [0.2, 0.25) is 0 Å². The second-order valence-electron chi connectivity index (χ2n) is 4.45. The van der Waals surface area contributed by atoms with Gasteiger partial charge >= 0.3 is 0 Å². The van der Waals surface area contributed by atoms with Crippen molar-refractivity contribution in [2.75, 3.05) is 0 Å². The van der Waals surface area contributed by atoms with Gasteiger partial charge in [0.25, 0.3) is 0 Å². The first-order valence-electron chi connectivity index (χ1n) is 5.34. The second kappa shape index (κ2) is 3.98. The predicted octanol–water partition coefficient (Wildman–Crippen LogP) is 4.03. The number of benzene rings is 1. The Morgan fingerprint density at radius 1 is 1.33 bits per heavy atom. The zero-order valence-electron chi connectivity index (χ0n) is 8.83. The van der Waals surface area contributed by atoms with Crippen LogP contribution in [0.3, 0.4) is 0 Å². The minimum absolute atomic E-state index is 0.293. The van der Waals surface area contributed by atoms with E-state index in [1.165, 1.54) is 19.3 Å². The maximum absolute atomic E-state index is 9.38. The second-order valence-corrected chi connectivity index (χ2v) is 5.36. The first kappa shape index (κ1) is 10.7. The normalized spacial score (nSPS) is 20.1. The topological polar surface area (TPSA) is 23.8 Å². The fraction of sp³-hybridized carbons (Fsp3) is 0.462. The summed E-state index contributed by atoms with van der Waals surface area (Å²) in [6.45, 7) is 2.07. The van der Waals surface area contributed by atoms with Crippen LogP contribution < -0.4 is 0 Å². The molecule has 1 saturated carbocycles. The Balaban J connectivity index is 2.33. The maximum Gasteiger partial charge on any atom is 0.0822 e. The molecule has 0 unspecified atom stereocenters. The van der Waals surface area contributed by atoms with Gasteiger partial charge in [-0.15, -0.1) is 0 Å². The Morgan fingerprint density at radius 2 is 1.93 bits per heavy atom. The fourth-order valence-electron chi connectivity index (χ4n) is 2.17. The molecule has 1 aromatic carbocycles. The number of halogens is 1. The highest BCUT2D eigenvalue weighted by Gasteiger charge is 2.39. The standard InChI is InChI=1S/C13H14BrN/c1-13(9-15,10-3-2-4-10)11-5-7-12(14)8-6-11/h5-8,10H,2-4H2,1H3/t13-/m1/s1. The van der Waals surface area contributed by atoms with Crippen LogP contribution in [0.15, 0.2) is 28.7 Å². The minimum atomic E-state index is -0.293. The van der Waals surface area contributed by atoms with E-state index >= 15 is 0 Å². The molecule has 1 aliphatic rings. The molecule has 0 bridgehead atoms. The highest BCUT2D eigenvalue weighted by molar-refractivity contribution is 9.10. The Bertz CT molecular complexity index is 386. The number of nitriles is 1. The zero-order chi connectivity index (χ0) is 10.9. The summed E-state index contributed by atoms with van der Waals surface area (Å²) in [4.78, 5) is 0. The number of hydrogen-bond donors (Lipinski definition) is 0. The first-order chi connectivity index (χ1) is 7.16. The van der Waals surface area contributed by atoms with Gasteiger partial charge in [0.15, 0.2) is 0 Å². The van der Waals surface area contributed by atoms with Crippen molar-refractivity contribution in [1.29, 1.82) is 5.26 Å². The third kappa shape index (κ3) is 1.81. The molecule has 15 heavy (non-hydrogen) atoms. The van der Waals surface area contributed by atoms with Gasteiger partial charge in [0.1, 0.15) is 0 Å². The number of nitrogens with zero attached hydrogens (tertiary/aromatic N) is 1. The van der Waals surface area contributed by atoms with Gasteiger partial charge in [0, 0.05) is 4.47 Å². The van der Waals surface area contributed by atoms with Gasteiger partial charge in [0.2, 0.25) is 0 Å². The van der Waals surface area contributed by atoms with Crippen LogP contribution >= 0.6 is 15.9 Å². The van der Waals surface area contributed by atoms with Gasteiger partial charge in [-0.1, -0.05) is 34.5 Å². The predicted molar refractivity (Wildman–Crippen MR) is 64.4 cm³/mol.